The number of nitrogens with zero attached hydrogens (tertiary/aromatic N) is 2. The second-order valence-electron chi connectivity index (χ2n) is 4.20. The Bertz CT molecular complexity index is 649. The van der Waals surface area contributed by atoms with Crippen LogP contribution >= 0.6 is 31.9 Å². The van der Waals surface area contributed by atoms with Gasteiger partial charge in [0.2, 0.25) is 5.82 Å². The first kappa shape index (κ1) is 14.9. The van der Waals surface area contributed by atoms with Crippen LogP contribution in [0, 0.1) is 10.1 Å². The molecule has 0 amide bonds. The van der Waals surface area contributed by atoms with Gasteiger partial charge in [-0.15, -0.1) is 0 Å². The van der Waals surface area contributed by atoms with E-state index in [9.17, 15) is 10.1 Å². The molecule has 1 atom stereocenters. The molecule has 0 aliphatic heterocycles. The lowest BCUT2D eigenvalue weighted by molar-refractivity contribution is -0.384. The van der Waals surface area contributed by atoms with E-state index in [0.29, 0.717) is 4.47 Å². The van der Waals surface area contributed by atoms with Crippen LogP contribution in [0.1, 0.15) is 18.5 Å². The minimum absolute atomic E-state index is 0.0544. The Kier molecular flexibility index (Phi) is 4.72. The number of hydrogen-bond acceptors (Lipinski definition) is 4. The van der Waals surface area contributed by atoms with E-state index in [1.807, 2.05) is 31.2 Å². The summed E-state index contributed by atoms with van der Waals surface area (Å²) in [5, 5.41) is 14.1. The molecule has 2 rings (SSSR count). The van der Waals surface area contributed by atoms with E-state index in [-0.39, 0.29) is 17.5 Å². The number of anilines is 1. The molecule has 0 spiro atoms. The second-order valence-corrected chi connectivity index (χ2v) is 6.03. The third kappa shape index (κ3) is 3.55. The van der Waals surface area contributed by atoms with Crippen molar-refractivity contribution in [3.63, 3.8) is 0 Å². The lowest BCUT2D eigenvalue weighted by Crippen LogP contribution is -2.09. The van der Waals surface area contributed by atoms with Gasteiger partial charge in [-0.1, -0.05) is 28.1 Å². The van der Waals surface area contributed by atoms with Crippen molar-refractivity contribution in [1.29, 1.82) is 0 Å². The van der Waals surface area contributed by atoms with Crippen molar-refractivity contribution < 1.29 is 4.92 Å². The summed E-state index contributed by atoms with van der Waals surface area (Å²) in [7, 11) is 0. The maximum atomic E-state index is 11.0. The summed E-state index contributed by atoms with van der Waals surface area (Å²) in [5.74, 6) is 0.255. The SMILES string of the molecule is CC(Nc1ncc(Br)cc1[N+](=O)[O-])c1cccc(Br)c1. The molecule has 20 heavy (non-hydrogen) atoms. The summed E-state index contributed by atoms with van der Waals surface area (Å²) in [4.78, 5) is 14.7. The van der Waals surface area contributed by atoms with Gasteiger partial charge in [0, 0.05) is 21.2 Å². The third-order valence-electron chi connectivity index (χ3n) is 2.73. The largest absolute Gasteiger partial charge is 0.358 e. The Labute approximate surface area is 132 Å². The molecule has 2 aromatic rings. The molecule has 7 heteroatoms. The van der Waals surface area contributed by atoms with E-state index in [4.69, 9.17) is 0 Å². The van der Waals surface area contributed by atoms with Gasteiger partial charge >= 0.3 is 5.69 Å². The summed E-state index contributed by atoms with van der Waals surface area (Å²) in [5.41, 5.74) is 0.958. The fraction of sp³-hybridized carbons (Fsp3) is 0.154. The van der Waals surface area contributed by atoms with Gasteiger partial charge in [-0.25, -0.2) is 4.98 Å². The highest BCUT2D eigenvalue weighted by Crippen LogP contribution is 2.29. The Morgan fingerprint density at radius 2 is 2.05 bits per heavy atom. The number of aromatic nitrogens is 1. The van der Waals surface area contributed by atoms with Crippen LogP contribution in [0.2, 0.25) is 0 Å². The molecule has 0 radical (unpaired) electrons. The lowest BCUT2D eigenvalue weighted by Gasteiger charge is -2.15. The Morgan fingerprint density at radius 1 is 1.30 bits per heavy atom. The van der Waals surface area contributed by atoms with Crippen LogP contribution in [-0.2, 0) is 0 Å². The fourth-order valence-electron chi connectivity index (χ4n) is 1.74. The van der Waals surface area contributed by atoms with Crippen LogP contribution in [0.3, 0.4) is 0 Å². The van der Waals surface area contributed by atoms with Crippen molar-refractivity contribution in [3.8, 4) is 0 Å². The lowest BCUT2D eigenvalue weighted by atomic mass is 10.1. The standard InChI is InChI=1S/C13H11Br2N3O2/c1-8(9-3-2-4-10(14)5-9)17-13-12(18(19)20)6-11(15)7-16-13/h2-8H,1H3,(H,16,17). The summed E-state index contributed by atoms with van der Waals surface area (Å²) >= 11 is 6.59. The van der Waals surface area contributed by atoms with Crippen LogP contribution in [0.5, 0.6) is 0 Å². The van der Waals surface area contributed by atoms with Gasteiger partial charge in [-0.2, -0.15) is 0 Å². The molecule has 0 saturated heterocycles. The molecule has 0 bridgehead atoms. The van der Waals surface area contributed by atoms with E-state index >= 15 is 0 Å². The molecule has 1 heterocycles. The van der Waals surface area contributed by atoms with Gasteiger partial charge in [0.15, 0.2) is 0 Å². The first-order valence-electron chi connectivity index (χ1n) is 5.79. The molecule has 0 aliphatic rings. The zero-order chi connectivity index (χ0) is 14.7. The maximum Gasteiger partial charge on any atom is 0.312 e. The van der Waals surface area contributed by atoms with Gasteiger partial charge < -0.3 is 5.32 Å². The van der Waals surface area contributed by atoms with Crippen molar-refractivity contribution >= 4 is 43.4 Å². The van der Waals surface area contributed by atoms with E-state index < -0.39 is 4.92 Å². The fourth-order valence-corrected chi connectivity index (χ4v) is 2.48. The molecule has 104 valence electrons. The molecule has 1 aromatic heterocycles. The quantitative estimate of drug-likeness (QED) is 0.597. The number of pyridine rings is 1. The summed E-state index contributed by atoms with van der Waals surface area (Å²) in [6.07, 6.45) is 1.53. The van der Waals surface area contributed by atoms with Crippen molar-refractivity contribution in [1.82, 2.24) is 4.98 Å². The van der Waals surface area contributed by atoms with Gasteiger partial charge in [0.25, 0.3) is 0 Å². The zero-order valence-electron chi connectivity index (χ0n) is 10.5. The highest BCUT2D eigenvalue weighted by atomic mass is 79.9. The third-order valence-corrected chi connectivity index (χ3v) is 3.66. The molecule has 1 N–H and O–H groups in total. The molecule has 5 nitrogen and oxygen atoms in total. The number of rotatable bonds is 4. The minimum atomic E-state index is -0.451. The number of halogens is 2. The van der Waals surface area contributed by atoms with E-state index in [1.54, 1.807) is 0 Å². The highest BCUT2D eigenvalue weighted by Gasteiger charge is 2.18. The average Bonchev–Trinajstić information content (AvgIpc) is 2.40. The Hall–Kier alpha value is -1.47. The zero-order valence-corrected chi connectivity index (χ0v) is 13.7. The number of nitrogens with one attached hydrogen (secondary N) is 1. The normalized spacial score (nSPS) is 11.9. The van der Waals surface area contributed by atoms with Gasteiger partial charge in [0.05, 0.1) is 11.0 Å². The Balaban J connectivity index is 2.28. The van der Waals surface area contributed by atoms with Crippen LogP contribution in [0.25, 0.3) is 0 Å². The molecule has 0 fully saturated rings. The number of hydrogen-bond donors (Lipinski definition) is 1. The minimum Gasteiger partial charge on any atom is -0.358 e. The summed E-state index contributed by atoms with van der Waals surface area (Å²) in [6, 6.07) is 9.09. The monoisotopic (exact) mass is 399 g/mol. The number of nitro groups is 1. The van der Waals surface area contributed by atoms with E-state index in [0.717, 1.165) is 10.0 Å². The van der Waals surface area contributed by atoms with Crippen LogP contribution in [0.4, 0.5) is 11.5 Å². The van der Waals surface area contributed by atoms with Gasteiger partial charge in [-0.05, 0) is 40.5 Å². The molecule has 0 saturated carbocycles. The average molecular weight is 401 g/mol. The van der Waals surface area contributed by atoms with E-state index in [2.05, 4.69) is 42.2 Å². The predicted octanol–water partition coefficient (Wildman–Crippen LogP) is 4.69. The smallest absolute Gasteiger partial charge is 0.312 e. The maximum absolute atomic E-state index is 11.0. The first-order chi connectivity index (χ1) is 9.47. The molecular formula is C13H11Br2N3O2. The highest BCUT2D eigenvalue weighted by molar-refractivity contribution is 9.10. The molecular weight excluding hydrogens is 390 g/mol. The molecule has 0 aliphatic carbocycles. The number of benzene rings is 1. The summed E-state index contributed by atoms with van der Waals surface area (Å²) in [6.45, 7) is 1.93. The molecule has 1 unspecified atom stereocenters. The second kappa shape index (κ2) is 6.32. The van der Waals surface area contributed by atoms with Crippen molar-refractivity contribution in [2.75, 3.05) is 5.32 Å². The van der Waals surface area contributed by atoms with Gasteiger partial charge in [0.1, 0.15) is 0 Å². The van der Waals surface area contributed by atoms with Crippen LogP contribution in [0.15, 0.2) is 45.5 Å². The van der Waals surface area contributed by atoms with Crippen LogP contribution < -0.4 is 5.32 Å². The van der Waals surface area contributed by atoms with Crippen molar-refractivity contribution in [3.05, 3.63) is 61.2 Å². The first-order valence-corrected chi connectivity index (χ1v) is 7.38. The predicted molar refractivity (Wildman–Crippen MR) is 84.8 cm³/mol. The Morgan fingerprint density at radius 3 is 2.70 bits per heavy atom. The summed E-state index contributed by atoms with van der Waals surface area (Å²) < 4.78 is 1.53. The van der Waals surface area contributed by atoms with Crippen molar-refractivity contribution in [2.24, 2.45) is 0 Å². The molecule has 1 aromatic carbocycles. The van der Waals surface area contributed by atoms with E-state index in [1.165, 1.54) is 12.3 Å². The van der Waals surface area contributed by atoms with Crippen LogP contribution in [-0.4, -0.2) is 9.91 Å². The van der Waals surface area contributed by atoms with Gasteiger partial charge in [-0.3, -0.25) is 10.1 Å². The topological polar surface area (TPSA) is 68.1 Å². The van der Waals surface area contributed by atoms with Crippen molar-refractivity contribution in [2.45, 2.75) is 13.0 Å².